The summed E-state index contributed by atoms with van der Waals surface area (Å²) >= 11 is 0. The third-order valence-electron chi connectivity index (χ3n) is 2.15. The van der Waals surface area contributed by atoms with E-state index in [1.165, 1.54) is 0 Å². The van der Waals surface area contributed by atoms with Crippen molar-refractivity contribution >= 4 is 11.5 Å². The standard InChI is InChI=1S/C11H13N5/c12-16-10-1-2-11(15-8-10)14-7-9-3-5-13-6-4-9/h1-6,8,16H,7,12H2,(H,14,15). The van der Waals surface area contributed by atoms with E-state index in [9.17, 15) is 0 Å². The minimum Gasteiger partial charge on any atom is -0.366 e. The molecule has 0 radical (unpaired) electrons. The Morgan fingerprint density at radius 2 is 1.94 bits per heavy atom. The van der Waals surface area contributed by atoms with Crippen molar-refractivity contribution in [3.8, 4) is 0 Å². The molecule has 2 heterocycles. The van der Waals surface area contributed by atoms with Crippen molar-refractivity contribution in [2.24, 2.45) is 5.84 Å². The van der Waals surface area contributed by atoms with Gasteiger partial charge >= 0.3 is 0 Å². The maximum Gasteiger partial charge on any atom is 0.126 e. The first-order valence-electron chi connectivity index (χ1n) is 4.94. The Labute approximate surface area is 93.7 Å². The van der Waals surface area contributed by atoms with E-state index in [1.54, 1.807) is 18.6 Å². The second-order valence-electron chi connectivity index (χ2n) is 3.29. The highest BCUT2D eigenvalue weighted by Gasteiger charge is 1.95. The molecule has 5 nitrogen and oxygen atoms in total. The molecule has 0 spiro atoms. The largest absolute Gasteiger partial charge is 0.366 e. The van der Waals surface area contributed by atoms with Gasteiger partial charge in [0.1, 0.15) is 5.82 Å². The topological polar surface area (TPSA) is 75.9 Å². The molecular formula is C11H13N5. The Morgan fingerprint density at radius 3 is 2.56 bits per heavy atom. The van der Waals surface area contributed by atoms with Crippen molar-refractivity contribution in [3.63, 3.8) is 0 Å². The third-order valence-corrected chi connectivity index (χ3v) is 2.15. The first kappa shape index (κ1) is 10.4. The Balaban J connectivity index is 1.94. The molecule has 0 amide bonds. The lowest BCUT2D eigenvalue weighted by molar-refractivity contribution is 1.10. The van der Waals surface area contributed by atoms with Crippen LogP contribution in [0.15, 0.2) is 42.9 Å². The second kappa shape index (κ2) is 5.09. The SMILES string of the molecule is NNc1ccc(NCc2ccncc2)nc1. The number of aromatic nitrogens is 2. The highest BCUT2D eigenvalue weighted by atomic mass is 15.2. The molecule has 0 aliphatic carbocycles. The number of rotatable bonds is 4. The van der Waals surface area contributed by atoms with E-state index < -0.39 is 0 Å². The van der Waals surface area contributed by atoms with Gasteiger partial charge in [0.05, 0.1) is 11.9 Å². The van der Waals surface area contributed by atoms with Gasteiger partial charge in [0.25, 0.3) is 0 Å². The average molecular weight is 215 g/mol. The number of hydrogen-bond acceptors (Lipinski definition) is 5. The van der Waals surface area contributed by atoms with Crippen molar-refractivity contribution in [2.45, 2.75) is 6.54 Å². The number of hydrogen-bond donors (Lipinski definition) is 3. The van der Waals surface area contributed by atoms with Gasteiger partial charge < -0.3 is 10.7 Å². The number of anilines is 2. The molecule has 2 aromatic rings. The van der Waals surface area contributed by atoms with E-state index >= 15 is 0 Å². The van der Waals surface area contributed by atoms with Crippen molar-refractivity contribution in [3.05, 3.63) is 48.4 Å². The van der Waals surface area contributed by atoms with Crippen LogP contribution in [0.1, 0.15) is 5.56 Å². The molecule has 0 saturated carbocycles. The molecule has 5 heteroatoms. The van der Waals surface area contributed by atoms with E-state index in [2.05, 4.69) is 20.7 Å². The van der Waals surface area contributed by atoms with Crippen molar-refractivity contribution in [2.75, 3.05) is 10.7 Å². The maximum atomic E-state index is 5.25. The first-order chi connectivity index (χ1) is 7.88. The minimum atomic E-state index is 0.727. The van der Waals surface area contributed by atoms with Crippen LogP contribution in [-0.4, -0.2) is 9.97 Å². The fraction of sp³-hybridized carbons (Fsp3) is 0.0909. The molecule has 0 aliphatic rings. The summed E-state index contributed by atoms with van der Waals surface area (Å²) in [6.45, 7) is 0.727. The number of nitrogens with two attached hydrogens (primary N) is 1. The lowest BCUT2D eigenvalue weighted by Crippen LogP contribution is -2.07. The molecule has 0 aliphatic heterocycles. The highest BCUT2D eigenvalue weighted by molar-refractivity contribution is 5.46. The molecule has 0 fully saturated rings. The van der Waals surface area contributed by atoms with Crippen LogP contribution in [-0.2, 0) is 6.54 Å². The van der Waals surface area contributed by atoms with E-state index in [-0.39, 0.29) is 0 Å². The lowest BCUT2D eigenvalue weighted by Gasteiger charge is -2.06. The number of hydrazine groups is 1. The van der Waals surface area contributed by atoms with Gasteiger partial charge in [-0.15, -0.1) is 0 Å². The van der Waals surface area contributed by atoms with Gasteiger partial charge in [0.15, 0.2) is 0 Å². The van der Waals surface area contributed by atoms with Crippen LogP contribution < -0.4 is 16.6 Å². The fourth-order valence-corrected chi connectivity index (χ4v) is 1.28. The zero-order valence-corrected chi connectivity index (χ0v) is 8.72. The molecule has 82 valence electrons. The van der Waals surface area contributed by atoms with Gasteiger partial charge in [-0.25, -0.2) is 4.98 Å². The third kappa shape index (κ3) is 2.68. The molecular weight excluding hydrogens is 202 g/mol. The fourth-order valence-electron chi connectivity index (χ4n) is 1.28. The molecule has 4 N–H and O–H groups in total. The van der Waals surface area contributed by atoms with E-state index in [4.69, 9.17) is 5.84 Å². The van der Waals surface area contributed by atoms with Crippen LogP contribution in [0.25, 0.3) is 0 Å². The first-order valence-corrected chi connectivity index (χ1v) is 4.94. The zero-order valence-electron chi connectivity index (χ0n) is 8.72. The van der Waals surface area contributed by atoms with E-state index in [1.807, 2.05) is 24.3 Å². The Morgan fingerprint density at radius 1 is 1.12 bits per heavy atom. The molecule has 16 heavy (non-hydrogen) atoms. The van der Waals surface area contributed by atoms with Gasteiger partial charge in [0.2, 0.25) is 0 Å². The quantitative estimate of drug-likeness (QED) is 0.530. The summed E-state index contributed by atoms with van der Waals surface area (Å²) in [7, 11) is 0. The van der Waals surface area contributed by atoms with Gasteiger partial charge in [-0.05, 0) is 29.8 Å². The van der Waals surface area contributed by atoms with E-state index in [0.29, 0.717) is 0 Å². The van der Waals surface area contributed by atoms with Crippen LogP contribution >= 0.6 is 0 Å². The summed E-state index contributed by atoms with van der Waals surface area (Å²) in [5, 5.41) is 3.20. The maximum absolute atomic E-state index is 5.25. The number of pyridine rings is 2. The minimum absolute atomic E-state index is 0.727. The van der Waals surface area contributed by atoms with Crippen molar-refractivity contribution in [1.29, 1.82) is 0 Å². The summed E-state index contributed by atoms with van der Waals surface area (Å²) in [6.07, 6.45) is 5.21. The molecule has 2 rings (SSSR count). The Bertz CT molecular complexity index is 426. The van der Waals surface area contributed by atoms with Crippen LogP contribution in [0.5, 0.6) is 0 Å². The number of nitrogen functional groups attached to an aromatic ring is 1. The number of nitrogens with zero attached hydrogens (tertiary/aromatic N) is 2. The Kier molecular flexibility index (Phi) is 3.30. The highest BCUT2D eigenvalue weighted by Crippen LogP contribution is 2.09. The van der Waals surface area contributed by atoms with Crippen molar-refractivity contribution in [1.82, 2.24) is 9.97 Å². The number of nitrogens with one attached hydrogen (secondary N) is 2. The monoisotopic (exact) mass is 215 g/mol. The summed E-state index contributed by atoms with van der Waals surface area (Å²) in [4.78, 5) is 8.15. The summed E-state index contributed by atoms with van der Waals surface area (Å²) in [5.41, 5.74) is 4.48. The predicted molar refractivity (Wildman–Crippen MR) is 63.6 cm³/mol. The van der Waals surface area contributed by atoms with Gasteiger partial charge in [-0.2, -0.15) is 0 Å². The molecule has 0 bridgehead atoms. The molecule has 0 atom stereocenters. The van der Waals surface area contributed by atoms with Crippen LogP contribution in [0.3, 0.4) is 0 Å². The van der Waals surface area contributed by atoms with E-state index in [0.717, 1.165) is 23.6 Å². The molecule has 0 unspecified atom stereocenters. The smallest absolute Gasteiger partial charge is 0.126 e. The Hall–Kier alpha value is -2.14. The van der Waals surface area contributed by atoms with Crippen LogP contribution in [0, 0.1) is 0 Å². The second-order valence-corrected chi connectivity index (χ2v) is 3.29. The van der Waals surface area contributed by atoms with Crippen LogP contribution in [0.2, 0.25) is 0 Å². The predicted octanol–water partition coefficient (Wildman–Crippen LogP) is 1.37. The van der Waals surface area contributed by atoms with Gasteiger partial charge in [-0.3, -0.25) is 10.8 Å². The summed E-state index contributed by atoms with van der Waals surface area (Å²) in [6, 6.07) is 7.66. The van der Waals surface area contributed by atoms with Crippen molar-refractivity contribution < 1.29 is 0 Å². The molecule has 2 aromatic heterocycles. The summed E-state index contributed by atoms with van der Waals surface area (Å²) < 4.78 is 0. The lowest BCUT2D eigenvalue weighted by atomic mass is 10.3. The van der Waals surface area contributed by atoms with Crippen LogP contribution in [0.4, 0.5) is 11.5 Å². The average Bonchev–Trinajstić information content (AvgIpc) is 2.38. The van der Waals surface area contributed by atoms with Gasteiger partial charge in [-0.1, -0.05) is 0 Å². The normalized spacial score (nSPS) is 9.81. The zero-order chi connectivity index (χ0) is 11.2. The van der Waals surface area contributed by atoms with Gasteiger partial charge in [0, 0.05) is 18.9 Å². The summed E-state index contributed by atoms with van der Waals surface area (Å²) in [5.74, 6) is 6.06. The molecule has 0 aromatic carbocycles. The molecule has 0 saturated heterocycles.